The van der Waals surface area contributed by atoms with Crippen molar-refractivity contribution in [3.63, 3.8) is 0 Å². The zero-order valence-corrected chi connectivity index (χ0v) is 20.7. The number of aromatic nitrogens is 4. The van der Waals surface area contributed by atoms with Gasteiger partial charge in [0.2, 0.25) is 5.95 Å². The lowest BCUT2D eigenvalue weighted by molar-refractivity contribution is 0.153. The molecule has 36 heavy (non-hydrogen) atoms. The van der Waals surface area contributed by atoms with Gasteiger partial charge in [0.1, 0.15) is 11.5 Å². The first kappa shape index (κ1) is 22.2. The van der Waals surface area contributed by atoms with Gasteiger partial charge in [-0.3, -0.25) is 9.47 Å². The second-order valence-electron chi connectivity index (χ2n) is 10.7. The molecule has 11 heteroatoms. The molecule has 5 heterocycles. The zero-order valence-electron chi connectivity index (χ0n) is 19.9. The number of pyridine rings is 1. The van der Waals surface area contributed by atoms with Crippen molar-refractivity contribution in [2.75, 3.05) is 49.6 Å². The van der Waals surface area contributed by atoms with Crippen LogP contribution in [0.5, 0.6) is 5.75 Å². The zero-order chi connectivity index (χ0) is 24.7. The highest BCUT2D eigenvalue weighted by Gasteiger charge is 2.53. The first-order valence-electron chi connectivity index (χ1n) is 12.2. The summed E-state index contributed by atoms with van der Waals surface area (Å²) in [6.45, 7) is 4.93. The van der Waals surface area contributed by atoms with Gasteiger partial charge >= 0.3 is 0 Å². The van der Waals surface area contributed by atoms with Gasteiger partial charge in [0, 0.05) is 55.8 Å². The number of fused-ring (bicyclic) bond motifs is 3. The van der Waals surface area contributed by atoms with Gasteiger partial charge in [-0.1, -0.05) is 11.6 Å². The third-order valence-corrected chi connectivity index (χ3v) is 8.03. The van der Waals surface area contributed by atoms with Crippen molar-refractivity contribution in [1.29, 1.82) is 0 Å². The lowest BCUT2D eigenvalue weighted by Gasteiger charge is -2.60. The highest BCUT2D eigenvalue weighted by molar-refractivity contribution is 6.30. The average molecular weight is 514 g/mol. The standard InChI is InChI=1S/C25H26ClF2N7O/c1-36-20-7-21(29-8-18(20)27)33-11-24(12-33)13-34(14-24)23-31-30-22-10-32(15-25(28)4-5-25)9-16-6-17(26)2-3-19(16)35(22)23/h2-3,6-8H,4-5,9-15H2,1H3. The van der Waals surface area contributed by atoms with Gasteiger partial charge in [0.25, 0.3) is 0 Å². The maximum absolute atomic E-state index is 14.6. The molecule has 3 aliphatic heterocycles. The summed E-state index contributed by atoms with van der Waals surface area (Å²) in [6, 6.07) is 7.50. The van der Waals surface area contributed by atoms with Crippen molar-refractivity contribution in [2.24, 2.45) is 5.41 Å². The van der Waals surface area contributed by atoms with Crippen molar-refractivity contribution >= 4 is 23.4 Å². The van der Waals surface area contributed by atoms with Crippen LogP contribution in [0.25, 0.3) is 5.69 Å². The number of anilines is 2. The molecular weight excluding hydrogens is 488 g/mol. The van der Waals surface area contributed by atoms with E-state index in [0.717, 1.165) is 55.0 Å². The van der Waals surface area contributed by atoms with Gasteiger partial charge in [-0.05, 0) is 36.6 Å². The Morgan fingerprint density at radius 3 is 2.58 bits per heavy atom. The summed E-state index contributed by atoms with van der Waals surface area (Å²) in [4.78, 5) is 10.7. The lowest BCUT2D eigenvalue weighted by Crippen LogP contribution is -2.73. The largest absolute Gasteiger partial charge is 0.493 e. The Morgan fingerprint density at radius 2 is 1.83 bits per heavy atom. The fourth-order valence-corrected chi connectivity index (χ4v) is 6.03. The summed E-state index contributed by atoms with van der Waals surface area (Å²) >= 11 is 6.34. The molecule has 0 N–H and O–H groups in total. The molecule has 2 saturated heterocycles. The Morgan fingerprint density at radius 1 is 1.06 bits per heavy atom. The molecule has 8 nitrogen and oxygen atoms in total. The summed E-state index contributed by atoms with van der Waals surface area (Å²) in [5.41, 5.74) is 1.11. The SMILES string of the molecule is COc1cc(N2CC3(C2)CN(c2nnc4n2-c2ccc(Cl)cc2CN(CC2(F)CC2)C4)C3)ncc1F. The maximum Gasteiger partial charge on any atom is 0.231 e. The van der Waals surface area contributed by atoms with Crippen molar-refractivity contribution in [1.82, 2.24) is 24.6 Å². The van der Waals surface area contributed by atoms with Crippen molar-refractivity contribution in [3.8, 4) is 11.4 Å². The molecule has 188 valence electrons. The van der Waals surface area contributed by atoms with Crippen LogP contribution in [-0.4, -0.2) is 70.2 Å². The van der Waals surface area contributed by atoms with Crippen LogP contribution in [0.3, 0.4) is 0 Å². The lowest BCUT2D eigenvalue weighted by atomic mass is 9.73. The summed E-state index contributed by atoms with van der Waals surface area (Å²) < 4.78 is 35.6. The van der Waals surface area contributed by atoms with E-state index in [1.807, 2.05) is 18.2 Å². The molecule has 1 saturated carbocycles. The van der Waals surface area contributed by atoms with E-state index in [1.54, 1.807) is 6.07 Å². The minimum absolute atomic E-state index is 0.141. The Kier molecular flexibility index (Phi) is 4.79. The summed E-state index contributed by atoms with van der Waals surface area (Å²) in [5, 5.41) is 9.76. The van der Waals surface area contributed by atoms with Crippen molar-refractivity contribution < 1.29 is 13.5 Å². The second-order valence-corrected chi connectivity index (χ2v) is 11.1. The smallest absolute Gasteiger partial charge is 0.231 e. The number of ether oxygens (including phenoxy) is 1. The number of methoxy groups -OCH3 is 1. The first-order chi connectivity index (χ1) is 17.3. The molecule has 3 fully saturated rings. The third kappa shape index (κ3) is 3.61. The van der Waals surface area contributed by atoms with E-state index < -0.39 is 11.5 Å². The van der Waals surface area contributed by atoms with Gasteiger partial charge in [0.15, 0.2) is 17.4 Å². The van der Waals surface area contributed by atoms with Crippen LogP contribution in [0.15, 0.2) is 30.5 Å². The molecule has 0 radical (unpaired) electrons. The molecule has 1 aromatic carbocycles. The maximum atomic E-state index is 14.6. The quantitative estimate of drug-likeness (QED) is 0.516. The Hall–Kier alpha value is -2.98. The highest BCUT2D eigenvalue weighted by Crippen LogP contribution is 2.45. The molecule has 4 aliphatic rings. The molecule has 7 rings (SSSR count). The molecule has 3 aromatic rings. The molecule has 1 spiro atoms. The molecule has 0 atom stereocenters. The van der Waals surface area contributed by atoms with E-state index in [1.165, 1.54) is 13.3 Å². The number of halogens is 3. The summed E-state index contributed by atoms with van der Waals surface area (Å²) in [5.74, 6) is 2.09. The van der Waals surface area contributed by atoms with Crippen LogP contribution in [0.2, 0.25) is 5.02 Å². The van der Waals surface area contributed by atoms with Crippen LogP contribution in [0, 0.1) is 11.2 Å². The van der Waals surface area contributed by atoms with Gasteiger partial charge in [0.05, 0.1) is 25.5 Å². The topological polar surface area (TPSA) is 62.6 Å². The molecule has 1 aliphatic carbocycles. The molecule has 2 aromatic heterocycles. The van der Waals surface area contributed by atoms with E-state index in [-0.39, 0.29) is 11.2 Å². The fourth-order valence-electron chi connectivity index (χ4n) is 5.83. The fraction of sp³-hybridized carbons (Fsp3) is 0.480. The molecular formula is C25H26ClF2N7O. The Balaban J connectivity index is 1.11. The van der Waals surface area contributed by atoms with Gasteiger partial charge in [-0.25, -0.2) is 13.8 Å². The van der Waals surface area contributed by atoms with Gasteiger partial charge in [-0.2, -0.15) is 0 Å². The normalized spacial score (nSPS) is 21.3. The van der Waals surface area contributed by atoms with E-state index in [9.17, 15) is 8.78 Å². The van der Waals surface area contributed by atoms with Crippen LogP contribution in [-0.2, 0) is 13.1 Å². The summed E-state index contributed by atoms with van der Waals surface area (Å²) in [6.07, 6.45) is 2.45. The molecule has 0 amide bonds. The van der Waals surface area contributed by atoms with Crippen LogP contribution in [0.4, 0.5) is 20.5 Å². The van der Waals surface area contributed by atoms with E-state index in [2.05, 4.69) is 34.4 Å². The predicted octanol–water partition coefficient (Wildman–Crippen LogP) is 3.61. The first-order valence-corrected chi connectivity index (χ1v) is 12.6. The number of hydrogen-bond donors (Lipinski definition) is 0. The van der Waals surface area contributed by atoms with Crippen molar-refractivity contribution in [2.45, 2.75) is 31.6 Å². The van der Waals surface area contributed by atoms with E-state index in [4.69, 9.17) is 16.3 Å². The van der Waals surface area contributed by atoms with E-state index in [0.29, 0.717) is 37.5 Å². The van der Waals surface area contributed by atoms with Crippen LogP contribution >= 0.6 is 11.6 Å². The predicted molar refractivity (Wildman–Crippen MR) is 131 cm³/mol. The van der Waals surface area contributed by atoms with Gasteiger partial charge in [-0.15, -0.1) is 10.2 Å². The number of hydrogen-bond acceptors (Lipinski definition) is 7. The number of nitrogens with zero attached hydrogens (tertiary/aromatic N) is 7. The highest BCUT2D eigenvalue weighted by atomic mass is 35.5. The Labute approximate surface area is 212 Å². The summed E-state index contributed by atoms with van der Waals surface area (Å²) in [7, 11) is 1.46. The number of benzene rings is 1. The number of rotatable bonds is 5. The molecule has 0 bridgehead atoms. The monoisotopic (exact) mass is 513 g/mol. The van der Waals surface area contributed by atoms with E-state index >= 15 is 0 Å². The number of alkyl halides is 1. The Bertz CT molecular complexity index is 1350. The second kappa shape index (κ2) is 7.76. The average Bonchev–Trinajstić information content (AvgIpc) is 3.43. The minimum Gasteiger partial charge on any atom is -0.493 e. The third-order valence-electron chi connectivity index (χ3n) is 7.79. The van der Waals surface area contributed by atoms with Crippen LogP contribution < -0.4 is 14.5 Å². The van der Waals surface area contributed by atoms with Crippen molar-refractivity contribution in [3.05, 3.63) is 52.7 Å². The van der Waals surface area contributed by atoms with Crippen LogP contribution in [0.1, 0.15) is 24.2 Å². The minimum atomic E-state index is -1.08. The van der Waals surface area contributed by atoms with Gasteiger partial charge < -0.3 is 14.5 Å². The molecule has 0 unspecified atom stereocenters.